The second-order valence-corrected chi connectivity index (χ2v) is 4.53. The first-order chi connectivity index (χ1) is 8.83. The summed E-state index contributed by atoms with van der Waals surface area (Å²) in [5.41, 5.74) is 3.15. The Morgan fingerprint density at radius 3 is 2.50 bits per heavy atom. The third kappa shape index (κ3) is 2.62. The quantitative estimate of drug-likeness (QED) is 0.672. The molecule has 0 spiro atoms. The second-order valence-electron chi connectivity index (χ2n) is 3.61. The van der Waals surface area contributed by atoms with E-state index < -0.39 is 0 Å². The van der Waals surface area contributed by atoms with Crippen LogP contribution in [0.1, 0.15) is 13.8 Å². The summed E-state index contributed by atoms with van der Waals surface area (Å²) < 4.78 is 1.06. The van der Waals surface area contributed by atoms with Gasteiger partial charge in [0.05, 0.1) is 11.0 Å². The van der Waals surface area contributed by atoms with Gasteiger partial charge >= 0.3 is 0 Å². The van der Waals surface area contributed by atoms with Gasteiger partial charge in [-0.05, 0) is 24.3 Å². The Bertz CT molecular complexity index is 611. The summed E-state index contributed by atoms with van der Waals surface area (Å²) in [6.45, 7) is 4.00. The molecule has 2 nitrogen and oxygen atoms in total. The number of hydrogen-bond acceptors (Lipinski definition) is 1. The molecule has 0 fully saturated rings. The highest BCUT2D eigenvalue weighted by atomic mass is 79.9. The number of nitrogens with zero attached hydrogens (tertiary/aromatic N) is 1. The molecular weight excluding hydrogens is 288 g/mol. The van der Waals surface area contributed by atoms with Gasteiger partial charge in [-0.3, -0.25) is 0 Å². The van der Waals surface area contributed by atoms with E-state index in [-0.39, 0.29) is 0 Å². The number of rotatable bonds is 1. The SMILES string of the molecule is Brc1cccc(-c2nc3ccccc3[nH]2)c1.CC. The summed E-state index contributed by atoms with van der Waals surface area (Å²) >= 11 is 3.46. The highest BCUT2D eigenvalue weighted by Gasteiger charge is 2.04. The zero-order valence-electron chi connectivity index (χ0n) is 10.4. The van der Waals surface area contributed by atoms with Crippen molar-refractivity contribution in [3.05, 3.63) is 53.0 Å². The topological polar surface area (TPSA) is 28.7 Å². The monoisotopic (exact) mass is 302 g/mol. The van der Waals surface area contributed by atoms with Gasteiger partial charge in [0.2, 0.25) is 0 Å². The third-order valence-corrected chi connectivity index (χ3v) is 2.98. The molecule has 0 saturated heterocycles. The molecule has 0 aliphatic heterocycles. The summed E-state index contributed by atoms with van der Waals surface area (Å²) in [7, 11) is 0. The smallest absolute Gasteiger partial charge is 0.138 e. The minimum absolute atomic E-state index is 0.905. The van der Waals surface area contributed by atoms with Crippen LogP contribution in [0.3, 0.4) is 0 Å². The molecule has 0 aliphatic rings. The first-order valence-electron chi connectivity index (χ1n) is 6.03. The lowest BCUT2D eigenvalue weighted by Crippen LogP contribution is -1.79. The number of aromatic amines is 1. The van der Waals surface area contributed by atoms with Gasteiger partial charge in [-0.1, -0.05) is 54.0 Å². The fraction of sp³-hybridized carbons (Fsp3) is 0.133. The van der Waals surface area contributed by atoms with E-state index in [4.69, 9.17) is 0 Å². The first-order valence-corrected chi connectivity index (χ1v) is 6.83. The van der Waals surface area contributed by atoms with Crippen LogP contribution >= 0.6 is 15.9 Å². The third-order valence-electron chi connectivity index (χ3n) is 2.49. The molecule has 1 heterocycles. The Kier molecular flexibility index (Phi) is 4.15. The lowest BCUT2D eigenvalue weighted by molar-refractivity contribution is 1.33. The van der Waals surface area contributed by atoms with E-state index in [2.05, 4.69) is 32.0 Å². The van der Waals surface area contributed by atoms with Crippen molar-refractivity contribution < 1.29 is 0 Å². The van der Waals surface area contributed by atoms with Crippen LogP contribution in [0.5, 0.6) is 0 Å². The Morgan fingerprint density at radius 1 is 1.00 bits per heavy atom. The van der Waals surface area contributed by atoms with Gasteiger partial charge in [0, 0.05) is 10.0 Å². The van der Waals surface area contributed by atoms with Crippen molar-refractivity contribution in [1.29, 1.82) is 0 Å². The zero-order chi connectivity index (χ0) is 13.0. The fourth-order valence-electron chi connectivity index (χ4n) is 1.73. The molecule has 0 radical (unpaired) electrons. The molecule has 0 bridgehead atoms. The fourth-order valence-corrected chi connectivity index (χ4v) is 2.12. The number of H-pyrrole nitrogens is 1. The number of para-hydroxylation sites is 2. The molecule has 3 rings (SSSR count). The van der Waals surface area contributed by atoms with Gasteiger partial charge in [-0.25, -0.2) is 4.98 Å². The standard InChI is InChI=1S/C13H9BrN2.C2H6/c14-10-5-3-4-9(8-10)13-15-11-6-1-2-7-12(11)16-13;1-2/h1-8H,(H,15,16);1-2H3. The maximum absolute atomic E-state index is 4.55. The van der Waals surface area contributed by atoms with E-state index in [0.29, 0.717) is 0 Å². The number of aromatic nitrogens is 2. The first kappa shape index (κ1) is 12.8. The van der Waals surface area contributed by atoms with Crippen molar-refractivity contribution in [2.24, 2.45) is 0 Å². The highest BCUT2D eigenvalue weighted by molar-refractivity contribution is 9.10. The van der Waals surface area contributed by atoms with E-state index in [1.54, 1.807) is 0 Å². The largest absolute Gasteiger partial charge is 0.338 e. The number of imidazole rings is 1. The highest BCUT2D eigenvalue weighted by Crippen LogP contribution is 2.22. The van der Waals surface area contributed by atoms with Gasteiger partial charge in [0.15, 0.2) is 0 Å². The van der Waals surface area contributed by atoms with Crippen LogP contribution in [0.4, 0.5) is 0 Å². The maximum Gasteiger partial charge on any atom is 0.138 e. The number of hydrogen-bond donors (Lipinski definition) is 1. The Morgan fingerprint density at radius 2 is 1.78 bits per heavy atom. The van der Waals surface area contributed by atoms with Crippen LogP contribution in [0.2, 0.25) is 0 Å². The molecule has 0 unspecified atom stereocenters. The van der Waals surface area contributed by atoms with Crippen molar-refractivity contribution in [2.75, 3.05) is 0 Å². The van der Waals surface area contributed by atoms with E-state index in [1.807, 2.05) is 56.3 Å². The molecule has 0 atom stereocenters. The Hall–Kier alpha value is -1.61. The lowest BCUT2D eigenvalue weighted by atomic mass is 10.2. The Labute approximate surface area is 115 Å². The molecular formula is C15H15BrN2. The summed E-state index contributed by atoms with van der Waals surface area (Å²) in [6, 6.07) is 16.1. The van der Waals surface area contributed by atoms with Crippen molar-refractivity contribution in [2.45, 2.75) is 13.8 Å². The molecule has 2 aromatic carbocycles. The Balaban J connectivity index is 0.000000574. The molecule has 1 N–H and O–H groups in total. The maximum atomic E-state index is 4.55. The average Bonchev–Trinajstić information content (AvgIpc) is 2.85. The number of benzene rings is 2. The van der Waals surface area contributed by atoms with Crippen molar-refractivity contribution in [1.82, 2.24) is 9.97 Å². The zero-order valence-corrected chi connectivity index (χ0v) is 12.0. The van der Waals surface area contributed by atoms with Gasteiger partial charge in [0.25, 0.3) is 0 Å². The molecule has 1 aromatic heterocycles. The van der Waals surface area contributed by atoms with E-state index >= 15 is 0 Å². The lowest BCUT2D eigenvalue weighted by Gasteiger charge is -1.96. The van der Waals surface area contributed by atoms with E-state index in [1.165, 1.54) is 0 Å². The van der Waals surface area contributed by atoms with Crippen molar-refractivity contribution >= 4 is 27.0 Å². The van der Waals surface area contributed by atoms with E-state index in [9.17, 15) is 0 Å². The summed E-state index contributed by atoms with van der Waals surface area (Å²) in [5.74, 6) is 0.905. The second kappa shape index (κ2) is 5.83. The van der Waals surface area contributed by atoms with Crippen LogP contribution in [-0.4, -0.2) is 9.97 Å². The molecule has 3 aromatic rings. The molecule has 0 aliphatic carbocycles. The van der Waals surface area contributed by atoms with Gasteiger partial charge in [-0.15, -0.1) is 0 Å². The molecule has 92 valence electrons. The van der Waals surface area contributed by atoms with Crippen LogP contribution in [0.25, 0.3) is 22.4 Å². The van der Waals surface area contributed by atoms with Gasteiger partial charge < -0.3 is 4.98 Å². The molecule has 0 saturated carbocycles. The molecule has 0 amide bonds. The average molecular weight is 303 g/mol. The minimum Gasteiger partial charge on any atom is -0.338 e. The number of nitrogens with one attached hydrogen (secondary N) is 1. The molecule has 3 heteroatoms. The van der Waals surface area contributed by atoms with Crippen molar-refractivity contribution in [3.8, 4) is 11.4 Å². The van der Waals surface area contributed by atoms with Crippen LogP contribution < -0.4 is 0 Å². The summed E-state index contributed by atoms with van der Waals surface area (Å²) in [4.78, 5) is 7.85. The van der Waals surface area contributed by atoms with Crippen LogP contribution in [-0.2, 0) is 0 Å². The summed E-state index contributed by atoms with van der Waals surface area (Å²) in [6.07, 6.45) is 0. The van der Waals surface area contributed by atoms with Crippen LogP contribution in [0.15, 0.2) is 53.0 Å². The normalized spacial score (nSPS) is 9.94. The predicted octanol–water partition coefficient (Wildman–Crippen LogP) is 5.02. The predicted molar refractivity (Wildman–Crippen MR) is 80.6 cm³/mol. The van der Waals surface area contributed by atoms with Crippen LogP contribution in [0, 0.1) is 0 Å². The number of halogens is 1. The van der Waals surface area contributed by atoms with E-state index in [0.717, 1.165) is 26.9 Å². The minimum atomic E-state index is 0.905. The summed E-state index contributed by atoms with van der Waals surface area (Å²) in [5, 5.41) is 0. The van der Waals surface area contributed by atoms with Gasteiger partial charge in [-0.2, -0.15) is 0 Å². The van der Waals surface area contributed by atoms with Gasteiger partial charge in [0.1, 0.15) is 5.82 Å². The number of fused-ring (bicyclic) bond motifs is 1. The van der Waals surface area contributed by atoms with Crippen molar-refractivity contribution in [3.63, 3.8) is 0 Å². The molecule has 18 heavy (non-hydrogen) atoms.